The van der Waals surface area contributed by atoms with E-state index in [0.29, 0.717) is 59.2 Å². The van der Waals surface area contributed by atoms with E-state index >= 15 is 0 Å². The van der Waals surface area contributed by atoms with Crippen LogP contribution in [-0.2, 0) is 11.0 Å². The summed E-state index contributed by atoms with van der Waals surface area (Å²) in [7, 11) is 3.33. The molecule has 10 heteroatoms. The van der Waals surface area contributed by atoms with E-state index in [0.717, 1.165) is 5.39 Å². The number of ketones is 1. The second-order valence-electron chi connectivity index (χ2n) is 8.87. The molecule has 2 aliphatic rings. The van der Waals surface area contributed by atoms with Crippen LogP contribution in [0.2, 0.25) is 0 Å². The number of carbonyl (C=O) groups excluding carboxylic acids is 2. The van der Waals surface area contributed by atoms with Gasteiger partial charge in [0.2, 0.25) is 0 Å². The number of aromatic nitrogens is 1. The van der Waals surface area contributed by atoms with Crippen LogP contribution in [0.25, 0.3) is 10.9 Å². The molecular weight excluding hydrogens is 482 g/mol. The quantitative estimate of drug-likeness (QED) is 0.563. The number of hydrogen-bond donors (Lipinski definition) is 1. The van der Waals surface area contributed by atoms with Gasteiger partial charge in [0.25, 0.3) is 5.91 Å². The van der Waals surface area contributed by atoms with Crippen LogP contribution < -0.4 is 18.9 Å². The van der Waals surface area contributed by atoms with Gasteiger partial charge in [0, 0.05) is 37.4 Å². The molecule has 188 valence electrons. The zero-order valence-corrected chi connectivity index (χ0v) is 21.1. The Labute approximate surface area is 211 Å². The van der Waals surface area contributed by atoms with Crippen molar-refractivity contribution in [1.82, 2.24) is 14.6 Å². The number of amides is 1. The van der Waals surface area contributed by atoms with Crippen molar-refractivity contribution in [1.29, 1.82) is 0 Å². The first-order chi connectivity index (χ1) is 17.4. The SMILES string of the molecule is CNS(=O)c1ccc2c(c1)C(=O)CC1(CCN(C(=O)c3cc(OC)c4cccc(OC)c4n3)CC1)O2. The van der Waals surface area contributed by atoms with Gasteiger partial charge in [0.05, 0.1) is 31.1 Å². The fourth-order valence-corrected chi connectivity index (χ4v) is 5.55. The second-order valence-corrected chi connectivity index (χ2v) is 10.3. The number of nitrogens with one attached hydrogen (secondary N) is 1. The molecule has 2 aliphatic heterocycles. The normalized spacial score (nSPS) is 17.4. The number of piperidine rings is 1. The van der Waals surface area contributed by atoms with Crippen molar-refractivity contribution in [3.63, 3.8) is 0 Å². The van der Waals surface area contributed by atoms with Crippen LogP contribution in [0.3, 0.4) is 0 Å². The monoisotopic (exact) mass is 509 g/mol. The number of ether oxygens (including phenoxy) is 3. The van der Waals surface area contributed by atoms with E-state index in [2.05, 4.69) is 9.71 Å². The number of benzene rings is 2. The van der Waals surface area contributed by atoms with Gasteiger partial charge in [-0.05, 0) is 37.4 Å². The average Bonchev–Trinajstić information content (AvgIpc) is 2.91. The van der Waals surface area contributed by atoms with Crippen molar-refractivity contribution in [2.45, 2.75) is 29.8 Å². The number of rotatable bonds is 5. The topological polar surface area (TPSA) is 107 Å². The highest BCUT2D eigenvalue weighted by Gasteiger charge is 2.44. The third-order valence-electron chi connectivity index (χ3n) is 6.85. The maximum Gasteiger partial charge on any atom is 0.272 e. The maximum absolute atomic E-state index is 13.4. The lowest BCUT2D eigenvalue weighted by atomic mass is 9.82. The molecule has 0 saturated carbocycles. The summed E-state index contributed by atoms with van der Waals surface area (Å²) in [6.45, 7) is 0.856. The molecule has 1 aromatic heterocycles. The summed E-state index contributed by atoms with van der Waals surface area (Å²) < 4.78 is 32.0. The van der Waals surface area contributed by atoms with Crippen molar-refractivity contribution < 1.29 is 28.0 Å². The number of nitrogens with zero attached hydrogens (tertiary/aromatic N) is 2. The molecule has 2 aromatic carbocycles. The van der Waals surface area contributed by atoms with Crippen LogP contribution in [0.4, 0.5) is 0 Å². The van der Waals surface area contributed by atoms with Crippen LogP contribution in [0.1, 0.15) is 40.1 Å². The molecule has 36 heavy (non-hydrogen) atoms. The van der Waals surface area contributed by atoms with E-state index in [1.165, 1.54) is 0 Å². The van der Waals surface area contributed by atoms with Crippen molar-refractivity contribution in [3.05, 3.63) is 53.7 Å². The number of pyridine rings is 1. The van der Waals surface area contributed by atoms with Gasteiger partial charge in [0.15, 0.2) is 5.78 Å². The number of likely N-dealkylation sites (tertiary alicyclic amines) is 1. The second kappa shape index (κ2) is 9.51. The number of hydrogen-bond acceptors (Lipinski definition) is 7. The van der Waals surface area contributed by atoms with Crippen LogP contribution >= 0.6 is 0 Å². The Kier molecular flexibility index (Phi) is 6.40. The molecular formula is C26H27N3O6S. The predicted molar refractivity (Wildman–Crippen MR) is 134 cm³/mol. The molecule has 1 unspecified atom stereocenters. The van der Waals surface area contributed by atoms with Crippen LogP contribution in [0.15, 0.2) is 47.4 Å². The lowest BCUT2D eigenvalue weighted by Crippen LogP contribution is -2.52. The van der Waals surface area contributed by atoms with Crippen LogP contribution in [-0.4, -0.2) is 65.7 Å². The predicted octanol–water partition coefficient (Wildman–Crippen LogP) is 3.13. The van der Waals surface area contributed by atoms with Gasteiger partial charge < -0.3 is 19.1 Å². The van der Waals surface area contributed by atoms with Gasteiger partial charge in [-0.2, -0.15) is 0 Å². The first-order valence-corrected chi connectivity index (χ1v) is 12.8. The molecule has 1 atom stereocenters. The Balaban J connectivity index is 1.35. The largest absolute Gasteiger partial charge is 0.496 e. The third-order valence-corrected chi connectivity index (χ3v) is 7.90. The fourth-order valence-electron chi connectivity index (χ4n) is 4.90. The van der Waals surface area contributed by atoms with Gasteiger partial charge in [-0.1, -0.05) is 6.07 Å². The lowest BCUT2D eigenvalue weighted by molar-refractivity contribution is -0.00590. The number of carbonyl (C=O) groups is 2. The summed E-state index contributed by atoms with van der Waals surface area (Å²) in [5.74, 6) is 1.35. The molecule has 1 spiro atoms. The first-order valence-electron chi connectivity index (χ1n) is 11.6. The standard InChI is InChI=1S/C26H27N3O6S/c1-27-36(32)16-7-8-21-18(13-16)20(30)15-26(35-21)9-11-29(12-10-26)25(31)19-14-23(34-3)17-5-4-6-22(33-2)24(17)28-19/h4-8,13-14,27H,9-12,15H2,1-3H3. The molecule has 0 radical (unpaired) electrons. The molecule has 1 N–H and O–H groups in total. The minimum Gasteiger partial charge on any atom is -0.496 e. The van der Waals surface area contributed by atoms with E-state index in [4.69, 9.17) is 14.2 Å². The Hall–Kier alpha value is -3.50. The zero-order chi connectivity index (χ0) is 25.4. The van der Waals surface area contributed by atoms with Gasteiger partial charge in [-0.15, -0.1) is 0 Å². The highest BCUT2D eigenvalue weighted by molar-refractivity contribution is 7.83. The van der Waals surface area contributed by atoms with E-state index in [9.17, 15) is 13.8 Å². The van der Waals surface area contributed by atoms with Gasteiger partial charge in [-0.25, -0.2) is 13.9 Å². The Morgan fingerprint density at radius 2 is 1.86 bits per heavy atom. The van der Waals surface area contributed by atoms with Crippen molar-refractivity contribution in [2.75, 3.05) is 34.4 Å². The van der Waals surface area contributed by atoms with Crippen molar-refractivity contribution >= 4 is 33.6 Å². The Bertz CT molecular complexity index is 1380. The third kappa shape index (κ3) is 4.20. The summed E-state index contributed by atoms with van der Waals surface area (Å²) in [6, 6.07) is 12.2. The Morgan fingerprint density at radius 1 is 1.11 bits per heavy atom. The smallest absolute Gasteiger partial charge is 0.272 e. The summed E-state index contributed by atoms with van der Waals surface area (Å²) in [5, 5.41) is 0.764. The number of fused-ring (bicyclic) bond motifs is 2. The maximum atomic E-state index is 13.4. The van der Waals surface area contributed by atoms with Gasteiger partial charge in [-0.3, -0.25) is 9.59 Å². The van der Waals surface area contributed by atoms with E-state index in [1.54, 1.807) is 56.5 Å². The summed E-state index contributed by atoms with van der Waals surface area (Å²) in [5.41, 5.74) is 0.618. The summed E-state index contributed by atoms with van der Waals surface area (Å²) in [6.07, 6.45) is 1.25. The van der Waals surface area contributed by atoms with Crippen molar-refractivity contribution in [2.24, 2.45) is 0 Å². The molecule has 3 heterocycles. The van der Waals surface area contributed by atoms with Crippen molar-refractivity contribution in [3.8, 4) is 17.2 Å². The summed E-state index contributed by atoms with van der Waals surface area (Å²) >= 11 is 0. The lowest BCUT2D eigenvalue weighted by Gasteiger charge is -2.43. The van der Waals surface area contributed by atoms with E-state index in [-0.39, 0.29) is 23.8 Å². The zero-order valence-electron chi connectivity index (χ0n) is 20.3. The molecule has 1 amide bonds. The number of Topliss-reactive ketones (excluding diaryl/α,β-unsaturated/α-hetero) is 1. The van der Waals surface area contributed by atoms with E-state index < -0.39 is 16.6 Å². The minimum atomic E-state index is -1.38. The molecule has 0 aliphatic carbocycles. The van der Waals surface area contributed by atoms with Gasteiger partial charge >= 0.3 is 0 Å². The number of para-hydroxylation sites is 1. The molecule has 1 saturated heterocycles. The molecule has 3 aromatic rings. The fraction of sp³-hybridized carbons (Fsp3) is 0.346. The van der Waals surface area contributed by atoms with Gasteiger partial charge in [0.1, 0.15) is 45.0 Å². The first kappa shape index (κ1) is 24.2. The molecule has 0 bridgehead atoms. The Morgan fingerprint density at radius 3 is 2.56 bits per heavy atom. The molecule has 5 rings (SSSR count). The highest BCUT2D eigenvalue weighted by atomic mass is 32.2. The van der Waals surface area contributed by atoms with Crippen LogP contribution in [0, 0.1) is 0 Å². The highest BCUT2D eigenvalue weighted by Crippen LogP contribution is 2.40. The molecule has 9 nitrogen and oxygen atoms in total. The molecule has 1 fully saturated rings. The average molecular weight is 510 g/mol. The van der Waals surface area contributed by atoms with E-state index in [1.807, 2.05) is 12.1 Å². The number of methoxy groups -OCH3 is 2. The van der Waals surface area contributed by atoms with Crippen LogP contribution in [0.5, 0.6) is 17.2 Å². The minimum absolute atomic E-state index is 0.0426. The summed E-state index contributed by atoms with van der Waals surface area (Å²) in [4.78, 5) is 33.3.